The molecule has 8 heteroatoms. The minimum absolute atomic E-state index is 0.0466. The minimum Gasteiger partial charge on any atom is -0.508 e. The lowest BCUT2D eigenvalue weighted by Crippen LogP contribution is -2.23. The maximum absolute atomic E-state index is 12.0. The number of aromatic hydroxyl groups is 1. The Morgan fingerprint density at radius 2 is 1.78 bits per heavy atom. The Kier molecular flexibility index (Phi) is 5.62. The third kappa shape index (κ3) is 4.70. The molecule has 6 nitrogen and oxygen atoms in total. The molecular weight excluding hydrogens is 432 g/mol. The molecule has 23 heavy (non-hydrogen) atoms. The molecule has 0 aliphatic heterocycles. The van der Waals surface area contributed by atoms with E-state index in [2.05, 4.69) is 42.5 Å². The lowest BCUT2D eigenvalue weighted by Gasteiger charge is -2.11. The molecule has 0 radical (unpaired) electrons. The fourth-order valence-corrected chi connectivity index (χ4v) is 2.57. The second-order valence-corrected chi connectivity index (χ2v) is 6.33. The monoisotopic (exact) mass is 442 g/mol. The van der Waals surface area contributed by atoms with Crippen LogP contribution in [0.25, 0.3) is 0 Å². The zero-order chi connectivity index (χ0) is 17.0. The summed E-state index contributed by atoms with van der Waals surface area (Å²) in [5, 5.41) is 23.9. The van der Waals surface area contributed by atoms with Crippen molar-refractivity contribution in [3.05, 3.63) is 50.9 Å². The van der Waals surface area contributed by atoms with Gasteiger partial charge in [0.2, 0.25) is 5.91 Å². The van der Waals surface area contributed by atoms with Crippen molar-refractivity contribution in [3.8, 4) is 5.75 Å². The maximum atomic E-state index is 12.0. The van der Waals surface area contributed by atoms with E-state index in [1.54, 1.807) is 6.07 Å². The van der Waals surface area contributed by atoms with Crippen molar-refractivity contribution in [2.45, 2.75) is 0 Å². The van der Waals surface area contributed by atoms with Gasteiger partial charge < -0.3 is 20.8 Å². The second-order valence-electron chi connectivity index (χ2n) is 4.56. The van der Waals surface area contributed by atoms with Crippen LogP contribution < -0.4 is 10.6 Å². The lowest BCUT2D eigenvalue weighted by atomic mass is 10.1. The summed E-state index contributed by atoms with van der Waals surface area (Å²) in [5.41, 5.74) is 0.663. The highest BCUT2D eigenvalue weighted by molar-refractivity contribution is 9.11. The highest BCUT2D eigenvalue weighted by atomic mass is 79.9. The number of hydrogen-bond acceptors (Lipinski definition) is 4. The van der Waals surface area contributed by atoms with E-state index in [9.17, 15) is 14.7 Å². The standard InChI is InChI=1S/C15H12Br2N2O4/c16-8-1-3-11(17)13(5-8)18-7-14(21)19-12-4-2-9(20)6-10(12)15(22)23/h1-6,18,20H,7H2,(H,19,21)(H,22,23). The second kappa shape index (κ2) is 7.47. The van der Waals surface area contributed by atoms with Crippen molar-refractivity contribution in [1.82, 2.24) is 0 Å². The number of halogens is 2. The largest absolute Gasteiger partial charge is 0.508 e. The van der Waals surface area contributed by atoms with Crippen LogP contribution in [0.1, 0.15) is 10.4 Å². The van der Waals surface area contributed by atoms with Crippen molar-refractivity contribution in [3.63, 3.8) is 0 Å². The van der Waals surface area contributed by atoms with Crippen LogP contribution in [0.15, 0.2) is 45.3 Å². The first-order valence-corrected chi connectivity index (χ1v) is 8.00. The third-order valence-corrected chi connectivity index (χ3v) is 4.06. The summed E-state index contributed by atoms with van der Waals surface area (Å²) in [7, 11) is 0. The van der Waals surface area contributed by atoms with Crippen molar-refractivity contribution in [2.75, 3.05) is 17.2 Å². The SMILES string of the molecule is O=C(CNc1cc(Br)ccc1Br)Nc1ccc(O)cc1C(=O)O. The first kappa shape index (κ1) is 17.3. The first-order valence-electron chi connectivity index (χ1n) is 6.42. The smallest absolute Gasteiger partial charge is 0.337 e. The topological polar surface area (TPSA) is 98.7 Å². The molecule has 0 saturated heterocycles. The molecule has 0 spiro atoms. The number of phenolic OH excluding ortho intramolecular Hbond substituents is 1. The number of hydrogen-bond donors (Lipinski definition) is 4. The fraction of sp³-hybridized carbons (Fsp3) is 0.0667. The number of carboxylic acid groups (broad SMARTS) is 1. The molecule has 120 valence electrons. The van der Waals surface area contributed by atoms with E-state index in [0.29, 0.717) is 0 Å². The van der Waals surface area contributed by atoms with Crippen LogP contribution in [0.3, 0.4) is 0 Å². The van der Waals surface area contributed by atoms with E-state index in [1.165, 1.54) is 12.1 Å². The van der Waals surface area contributed by atoms with Crippen LogP contribution in [0, 0.1) is 0 Å². The Morgan fingerprint density at radius 3 is 2.48 bits per heavy atom. The summed E-state index contributed by atoms with van der Waals surface area (Å²) in [5.74, 6) is -1.83. The van der Waals surface area contributed by atoms with Crippen molar-refractivity contribution in [1.29, 1.82) is 0 Å². The Balaban J connectivity index is 2.06. The molecule has 0 heterocycles. The summed E-state index contributed by atoms with van der Waals surface area (Å²) >= 11 is 6.70. The molecule has 0 unspecified atom stereocenters. The Labute approximate surface area is 148 Å². The van der Waals surface area contributed by atoms with Crippen LogP contribution >= 0.6 is 31.9 Å². The van der Waals surface area contributed by atoms with E-state index in [1.807, 2.05) is 12.1 Å². The van der Waals surface area contributed by atoms with Gasteiger partial charge in [-0.05, 0) is 52.3 Å². The number of carbonyl (C=O) groups is 2. The lowest BCUT2D eigenvalue weighted by molar-refractivity contribution is -0.114. The van der Waals surface area contributed by atoms with Gasteiger partial charge >= 0.3 is 5.97 Å². The fourth-order valence-electron chi connectivity index (χ4n) is 1.82. The Morgan fingerprint density at radius 1 is 1.04 bits per heavy atom. The van der Waals surface area contributed by atoms with Crippen LogP contribution in [0.4, 0.5) is 11.4 Å². The Bertz CT molecular complexity index is 765. The van der Waals surface area contributed by atoms with Crippen molar-refractivity contribution < 1.29 is 19.8 Å². The zero-order valence-electron chi connectivity index (χ0n) is 11.6. The molecule has 2 aromatic carbocycles. The zero-order valence-corrected chi connectivity index (χ0v) is 14.8. The number of nitrogens with one attached hydrogen (secondary N) is 2. The van der Waals surface area contributed by atoms with E-state index in [4.69, 9.17) is 5.11 Å². The van der Waals surface area contributed by atoms with Gasteiger partial charge in [-0.3, -0.25) is 4.79 Å². The van der Waals surface area contributed by atoms with Crippen LogP contribution in [0.5, 0.6) is 5.75 Å². The number of benzene rings is 2. The summed E-state index contributed by atoms with van der Waals surface area (Å²) in [4.78, 5) is 23.1. The number of amides is 1. The van der Waals surface area contributed by atoms with Crippen molar-refractivity contribution in [2.24, 2.45) is 0 Å². The molecular formula is C15H12Br2N2O4. The molecule has 0 aromatic heterocycles. The Hall–Kier alpha value is -2.06. The van der Waals surface area contributed by atoms with E-state index < -0.39 is 11.9 Å². The summed E-state index contributed by atoms with van der Waals surface area (Å²) in [6.45, 7) is -0.0466. The van der Waals surface area contributed by atoms with Gasteiger partial charge in [-0.2, -0.15) is 0 Å². The highest BCUT2D eigenvalue weighted by Gasteiger charge is 2.13. The number of anilines is 2. The third-order valence-electron chi connectivity index (χ3n) is 2.88. The summed E-state index contributed by atoms with van der Waals surface area (Å²) in [6.07, 6.45) is 0. The van der Waals surface area contributed by atoms with Gasteiger partial charge in [0.25, 0.3) is 0 Å². The average molecular weight is 444 g/mol. The van der Waals surface area contributed by atoms with Gasteiger partial charge in [-0.1, -0.05) is 15.9 Å². The van der Waals surface area contributed by atoms with Crippen molar-refractivity contribution >= 4 is 55.1 Å². The summed E-state index contributed by atoms with van der Waals surface area (Å²) in [6, 6.07) is 9.21. The average Bonchev–Trinajstić information content (AvgIpc) is 2.49. The predicted molar refractivity (Wildman–Crippen MR) is 94.0 cm³/mol. The predicted octanol–water partition coefficient (Wildman–Crippen LogP) is 3.67. The number of aromatic carboxylic acids is 1. The van der Waals surface area contributed by atoms with Gasteiger partial charge in [0.05, 0.1) is 17.8 Å². The molecule has 1 amide bonds. The van der Waals surface area contributed by atoms with Gasteiger partial charge in [0.15, 0.2) is 0 Å². The molecule has 0 bridgehead atoms. The number of phenols is 1. The molecule has 2 aromatic rings. The van der Waals surface area contributed by atoms with Gasteiger partial charge in [0.1, 0.15) is 5.75 Å². The molecule has 0 aliphatic rings. The molecule has 4 N–H and O–H groups in total. The molecule has 2 rings (SSSR count). The van der Waals surface area contributed by atoms with Gasteiger partial charge in [-0.15, -0.1) is 0 Å². The van der Waals surface area contributed by atoms with Gasteiger partial charge in [0, 0.05) is 14.6 Å². The van der Waals surface area contributed by atoms with E-state index in [-0.39, 0.29) is 23.5 Å². The first-order chi connectivity index (χ1) is 10.9. The van der Waals surface area contributed by atoms with Crippen LogP contribution in [0.2, 0.25) is 0 Å². The molecule has 0 aliphatic carbocycles. The highest BCUT2D eigenvalue weighted by Crippen LogP contribution is 2.26. The van der Waals surface area contributed by atoms with E-state index in [0.717, 1.165) is 20.7 Å². The number of rotatable bonds is 5. The van der Waals surface area contributed by atoms with E-state index >= 15 is 0 Å². The van der Waals surface area contributed by atoms with Crippen LogP contribution in [-0.4, -0.2) is 28.6 Å². The number of carboxylic acids is 1. The quantitative estimate of drug-likeness (QED) is 0.528. The molecule has 0 atom stereocenters. The van der Waals surface area contributed by atoms with Gasteiger partial charge in [-0.25, -0.2) is 4.79 Å². The normalized spacial score (nSPS) is 10.2. The summed E-state index contributed by atoms with van der Waals surface area (Å²) < 4.78 is 1.65. The molecule has 0 saturated carbocycles. The minimum atomic E-state index is -1.24. The number of carbonyl (C=O) groups excluding carboxylic acids is 1. The van der Waals surface area contributed by atoms with Crippen LogP contribution in [-0.2, 0) is 4.79 Å². The molecule has 0 fully saturated rings. The maximum Gasteiger partial charge on any atom is 0.337 e.